The van der Waals surface area contributed by atoms with Gasteiger partial charge in [0.15, 0.2) is 0 Å². The van der Waals surface area contributed by atoms with Crippen LogP contribution in [0.15, 0.2) is 12.3 Å². The van der Waals surface area contributed by atoms with E-state index in [1.807, 2.05) is 12.3 Å². The molecule has 1 heterocycles. The summed E-state index contributed by atoms with van der Waals surface area (Å²) in [6.07, 6.45) is 8.48. The number of hydrogen-bond donors (Lipinski definition) is 2. The minimum absolute atomic E-state index is 0.0902. The highest BCUT2D eigenvalue weighted by molar-refractivity contribution is 5.94. The van der Waals surface area contributed by atoms with Crippen molar-refractivity contribution in [3.05, 3.63) is 18.0 Å². The van der Waals surface area contributed by atoms with Crippen LogP contribution in [0.3, 0.4) is 0 Å². The van der Waals surface area contributed by atoms with Gasteiger partial charge in [0.25, 0.3) is 5.91 Å². The van der Waals surface area contributed by atoms with E-state index in [2.05, 4.69) is 9.88 Å². The summed E-state index contributed by atoms with van der Waals surface area (Å²) in [4.78, 5) is 12.5. The lowest BCUT2D eigenvalue weighted by Gasteiger charge is -2.12. The van der Waals surface area contributed by atoms with E-state index in [0.29, 0.717) is 17.8 Å². The molecule has 5 rings (SSSR count). The van der Waals surface area contributed by atoms with Crippen LogP contribution in [0.1, 0.15) is 48.6 Å². The number of carbonyl (C=O) groups is 1. The summed E-state index contributed by atoms with van der Waals surface area (Å²) in [6.45, 7) is 0. The molecule has 4 fully saturated rings. The Balaban J connectivity index is 1.34. The fourth-order valence-electron chi connectivity index (χ4n) is 5.08. The molecular formula is C16H21N3O. The molecule has 4 unspecified atom stereocenters. The number of fused-ring (bicyclic) bond motifs is 5. The molecule has 4 aliphatic rings. The molecule has 1 aromatic heterocycles. The van der Waals surface area contributed by atoms with Crippen LogP contribution in [-0.2, 0) is 0 Å². The normalized spacial score (nSPS) is 40.7. The third-order valence-corrected chi connectivity index (χ3v) is 6.08. The van der Waals surface area contributed by atoms with Gasteiger partial charge in [0.05, 0.1) is 5.69 Å². The largest absolute Gasteiger partial charge is 0.397 e. The summed E-state index contributed by atoms with van der Waals surface area (Å²) in [5.74, 6) is 3.47. The van der Waals surface area contributed by atoms with Gasteiger partial charge in [-0.15, -0.1) is 0 Å². The molecule has 2 bridgehead atoms. The van der Waals surface area contributed by atoms with Crippen LogP contribution >= 0.6 is 0 Å². The molecule has 1 aromatic rings. The highest BCUT2D eigenvalue weighted by Crippen LogP contribution is 2.65. The number of nitrogen functional groups attached to an aromatic ring is 1. The number of anilines is 1. The summed E-state index contributed by atoms with van der Waals surface area (Å²) in [5, 5.41) is 3.29. The Morgan fingerprint density at radius 1 is 1.20 bits per heavy atom. The van der Waals surface area contributed by atoms with Gasteiger partial charge < -0.3 is 15.6 Å². The fraction of sp³-hybridized carbons (Fsp3) is 0.688. The molecule has 4 heteroatoms. The summed E-state index contributed by atoms with van der Waals surface area (Å²) in [7, 11) is 0. The second-order valence-electron chi connectivity index (χ2n) is 7.28. The lowest BCUT2D eigenvalue weighted by Crippen LogP contribution is -2.31. The van der Waals surface area contributed by atoms with Crippen LogP contribution < -0.4 is 11.1 Å². The van der Waals surface area contributed by atoms with E-state index >= 15 is 0 Å². The van der Waals surface area contributed by atoms with Crippen molar-refractivity contribution in [2.45, 2.75) is 44.2 Å². The first kappa shape index (κ1) is 11.2. The first-order valence-electron chi connectivity index (χ1n) is 8.00. The average molecular weight is 271 g/mol. The Morgan fingerprint density at radius 2 is 1.90 bits per heavy atom. The van der Waals surface area contributed by atoms with Gasteiger partial charge in [-0.05, 0) is 61.8 Å². The SMILES string of the molecule is Nc1cc(C(=O)NC2C3C4CCC(C4)C23)n(C2CC2)c1. The molecule has 0 radical (unpaired) electrons. The van der Waals surface area contributed by atoms with E-state index in [9.17, 15) is 4.79 Å². The molecular weight excluding hydrogens is 250 g/mol. The number of aromatic nitrogens is 1. The third-order valence-electron chi connectivity index (χ3n) is 6.08. The number of nitrogens with one attached hydrogen (secondary N) is 1. The van der Waals surface area contributed by atoms with Gasteiger partial charge in [0.2, 0.25) is 0 Å². The van der Waals surface area contributed by atoms with Gasteiger partial charge in [-0.2, -0.15) is 0 Å². The lowest BCUT2D eigenvalue weighted by atomic mass is 10.0. The number of amides is 1. The van der Waals surface area contributed by atoms with Crippen LogP contribution in [0.4, 0.5) is 5.69 Å². The van der Waals surface area contributed by atoms with Crippen molar-refractivity contribution in [2.24, 2.45) is 23.7 Å². The highest BCUT2D eigenvalue weighted by Gasteiger charge is 2.65. The van der Waals surface area contributed by atoms with Crippen molar-refractivity contribution in [1.29, 1.82) is 0 Å². The van der Waals surface area contributed by atoms with Crippen molar-refractivity contribution in [2.75, 3.05) is 5.73 Å². The summed E-state index contributed by atoms with van der Waals surface area (Å²) in [6, 6.07) is 2.79. The Morgan fingerprint density at radius 3 is 2.55 bits per heavy atom. The smallest absolute Gasteiger partial charge is 0.268 e. The van der Waals surface area contributed by atoms with Crippen molar-refractivity contribution < 1.29 is 4.79 Å². The Bertz CT molecular complexity index is 573. The maximum Gasteiger partial charge on any atom is 0.268 e. The second kappa shape index (κ2) is 3.60. The summed E-state index contributed by atoms with van der Waals surface area (Å²) >= 11 is 0. The van der Waals surface area contributed by atoms with Crippen LogP contribution in [-0.4, -0.2) is 16.5 Å². The Hall–Kier alpha value is -1.45. The summed E-state index contributed by atoms with van der Waals surface area (Å²) in [5.41, 5.74) is 7.35. The molecule has 4 saturated carbocycles. The van der Waals surface area contributed by atoms with Gasteiger partial charge in [0, 0.05) is 18.3 Å². The lowest BCUT2D eigenvalue weighted by molar-refractivity contribution is 0.0934. The predicted molar refractivity (Wildman–Crippen MR) is 76.2 cm³/mol. The van der Waals surface area contributed by atoms with E-state index in [-0.39, 0.29) is 5.91 Å². The van der Waals surface area contributed by atoms with Gasteiger partial charge >= 0.3 is 0 Å². The number of nitrogens with two attached hydrogens (primary N) is 1. The molecule has 4 nitrogen and oxygen atoms in total. The van der Waals surface area contributed by atoms with E-state index in [1.165, 1.54) is 32.1 Å². The molecule has 0 saturated heterocycles. The fourth-order valence-corrected chi connectivity index (χ4v) is 5.08. The van der Waals surface area contributed by atoms with Crippen molar-refractivity contribution in [3.63, 3.8) is 0 Å². The second-order valence-corrected chi connectivity index (χ2v) is 7.28. The topological polar surface area (TPSA) is 60.1 Å². The quantitative estimate of drug-likeness (QED) is 0.885. The van der Waals surface area contributed by atoms with Gasteiger partial charge in [-0.1, -0.05) is 0 Å². The standard InChI is InChI=1S/C16H21N3O/c17-10-6-12(19(7-10)11-3-4-11)16(20)18-15-13-8-1-2-9(5-8)14(13)15/h6-9,11,13-15H,1-5,17H2,(H,18,20). The molecule has 3 N–H and O–H groups in total. The maximum atomic E-state index is 12.5. The molecule has 1 amide bonds. The van der Waals surface area contributed by atoms with E-state index in [1.54, 1.807) is 0 Å². The number of carbonyl (C=O) groups excluding carboxylic acids is 1. The molecule has 0 aliphatic heterocycles. The number of rotatable bonds is 3. The molecule has 0 spiro atoms. The van der Waals surface area contributed by atoms with E-state index in [0.717, 1.165) is 29.4 Å². The van der Waals surface area contributed by atoms with E-state index < -0.39 is 0 Å². The van der Waals surface area contributed by atoms with Gasteiger partial charge in [0.1, 0.15) is 5.69 Å². The average Bonchev–Trinajstić information content (AvgIpc) is 3.27. The molecule has 4 atom stereocenters. The zero-order valence-electron chi connectivity index (χ0n) is 11.6. The first-order valence-corrected chi connectivity index (χ1v) is 8.00. The minimum atomic E-state index is 0.0902. The first-order chi connectivity index (χ1) is 9.72. The van der Waals surface area contributed by atoms with Crippen molar-refractivity contribution >= 4 is 11.6 Å². The Labute approximate surface area is 118 Å². The van der Waals surface area contributed by atoms with Gasteiger partial charge in [-0.25, -0.2) is 0 Å². The zero-order valence-corrected chi connectivity index (χ0v) is 11.6. The maximum absolute atomic E-state index is 12.5. The molecule has 20 heavy (non-hydrogen) atoms. The monoisotopic (exact) mass is 271 g/mol. The van der Waals surface area contributed by atoms with Crippen LogP contribution in [0.2, 0.25) is 0 Å². The van der Waals surface area contributed by atoms with E-state index in [4.69, 9.17) is 5.73 Å². The van der Waals surface area contributed by atoms with Gasteiger partial charge in [-0.3, -0.25) is 4.79 Å². The molecule has 4 aliphatic carbocycles. The van der Waals surface area contributed by atoms with Crippen LogP contribution in [0.25, 0.3) is 0 Å². The predicted octanol–water partition coefficient (Wildman–Crippen LogP) is 2.18. The molecule has 106 valence electrons. The molecule has 0 aromatic carbocycles. The summed E-state index contributed by atoms with van der Waals surface area (Å²) < 4.78 is 2.08. The number of nitrogens with zero attached hydrogens (tertiary/aromatic N) is 1. The van der Waals surface area contributed by atoms with Crippen molar-refractivity contribution in [3.8, 4) is 0 Å². The zero-order chi connectivity index (χ0) is 13.4. The third kappa shape index (κ3) is 1.45. The Kier molecular flexibility index (Phi) is 2.02. The van der Waals surface area contributed by atoms with Crippen molar-refractivity contribution in [1.82, 2.24) is 9.88 Å². The highest BCUT2D eigenvalue weighted by atomic mass is 16.2. The van der Waals surface area contributed by atoms with Crippen LogP contribution in [0.5, 0.6) is 0 Å². The van der Waals surface area contributed by atoms with Crippen LogP contribution in [0, 0.1) is 23.7 Å². The number of hydrogen-bond acceptors (Lipinski definition) is 2. The minimum Gasteiger partial charge on any atom is -0.397 e.